The number of sulfonamides is 1. The highest BCUT2D eigenvalue weighted by Gasteiger charge is 2.47. The van der Waals surface area contributed by atoms with E-state index in [2.05, 4.69) is 35.7 Å². The smallest absolute Gasteiger partial charge is 0.212 e. The van der Waals surface area contributed by atoms with Crippen LogP contribution in [0.2, 0.25) is 0 Å². The van der Waals surface area contributed by atoms with E-state index in [-0.39, 0.29) is 23.6 Å². The van der Waals surface area contributed by atoms with Gasteiger partial charge in [-0.15, -0.1) is 0 Å². The van der Waals surface area contributed by atoms with E-state index >= 15 is 0 Å². The van der Waals surface area contributed by atoms with Crippen molar-refractivity contribution in [1.82, 2.24) is 9.71 Å². The fourth-order valence-electron chi connectivity index (χ4n) is 4.75. The summed E-state index contributed by atoms with van der Waals surface area (Å²) in [6.07, 6.45) is 6.83. The van der Waals surface area contributed by atoms with Crippen molar-refractivity contribution in [3.05, 3.63) is 59.9 Å². The second kappa shape index (κ2) is 7.74. The van der Waals surface area contributed by atoms with E-state index in [1.165, 1.54) is 0 Å². The molecule has 2 aliphatic rings. The molecule has 4 rings (SSSR count). The Balaban J connectivity index is 1.56. The fraction of sp³-hybridized carbons (Fsp3) is 0.391. The van der Waals surface area contributed by atoms with Gasteiger partial charge in [0, 0.05) is 23.4 Å². The van der Waals surface area contributed by atoms with Crippen molar-refractivity contribution >= 4 is 16.1 Å². The summed E-state index contributed by atoms with van der Waals surface area (Å²) < 4.78 is 27.0. The molecule has 1 N–H and O–H groups in total. The van der Waals surface area contributed by atoms with Crippen LogP contribution in [-0.4, -0.2) is 25.2 Å². The normalized spacial score (nSPS) is 30.7. The first-order chi connectivity index (χ1) is 13.9. The van der Waals surface area contributed by atoms with Gasteiger partial charge >= 0.3 is 0 Å². The van der Waals surface area contributed by atoms with Gasteiger partial charge in [-0.3, -0.25) is 4.98 Å². The number of allylic oxidation sites excluding steroid dienone is 1. The number of fused-ring (bicyclic) bond motifs is 1. The van der Waals surface area contributed by atoms with Crippen LogP contribution in [0.5, 0.6) is 0 Å². The van der Waals surface area contributed by atoms with Crippen molar-refractivity contribution in [1.29, 1.82) is 5.26 Å². The Morgan fingerprint density at radius 3 is 2.72 bits per heavy atom. The van der Waals surface area contributed by atoms with Gasteiger partial charge in [0.25, 0.3) is 0 Å². The second-order valence-corrected chi connectivity index (χ2v) is 10.1. The molecule has 6 heteroatoms. The maximum absolute atomic E-state index is 12.1. The lowest BCUT2D eigenvalue weighted by Gasteiger charge is -2.40. The zero-order valence-corrected chi connectivity index (χ0v) is 17.4. The predicted molar refractivity (Wildman–Crippen MR) is 114 cm³/mol. The van der Waals surface area contributed by atoms with Gasteiger partial charge in [0.15, 0.2) is 0 Å². The van der Waals surface area contributed by atoms with Gasteiger partial charge in [-0.05, 0) is 48.3 Å². The lowest BCUT2D eigenvalue weighted by Crippen LogP contribution is -2.42. The molecular weight excluding hydrogens is 382 g/mol. The first kappa shape index (κ1) is 19.8. The molecule has 1 aromatic carbocycles. The fourth-order valence-corrected chi connectivity index (χ4v) is 6.54. The average molecular weight is 408 g/mol. The van der Waals surface area contributed by atoms with Crippen molar-refractivity contribution < 1.29 is 8.42 Å². The Hall–Kier alpha value is -2.49. The maximum atomic E-state index is 12.1. The summed E-state index contributed by atoms with van der Waals surface area (Å²) in [4.78, 5) is 4.54. The van der Waals surface area contributed by atoms with E-state index in [9.17, 15) is 13.7 Å². The Kier molecular flexibility index (Phi) is 5.28. The van der Waals surface area contributed by atoms with Crippen LogP contribution in [0.3, 0.4) is 0 Å². The molecule has 2 aromatic rings. The highest BCUT2D eigenvalue weighted by Crippen LogP contribution is 2.43. The first-order valence-corrected chi connectivity index (χ1v) is 11.7. The van der Waals surface area contributed by atoms with Gasteiger partial charge < -0.3 is 0 Å². The SMILES string of the molecule is C[C@H]1[C@H](/C=C/c2ccc(-c3ccccc3C#N)cn2)[C@H]2CS(=O)(=O)N[C@H]2C[C@@H]1C. The number of hydrogen-bond acceptors (Lipinski definition) is 4. The summed E-state index contributed by atoms with van der Waals surface area (Å²) in [5.41, 5.74) is 3.24. The van der Waals surface area contributed by atoms with Crippen molar-refractivity contribution in [2.75, 3.05) is 5.75 Å². The number of nitrogens with zero attached hydrogens (tertiary/aromatic N) is 2. The maximum Gasteiger partial charge on any atom is 0.212 e. The van der Waals surface area contributed by atoms with Crippen molar-refractivity contribution in [3.63, 3.8) is 0 Å². The van der Waals surface area contributed by atoms with Crippen molar-refractivity contribution in [2.24, 2.45) is 23.7 Å². The molecule has 2 fully saturated rings. The minimum Gasteiger partial charge on any atom is -0.256 e. The van der Waals surface area contributed by atoms with Gasteiger partial charge in [0.05, 0.1) is 23.1 Å². The summed E-state index contributed by atoms with van der Waals surface area (Å²) in [6, 6.07) is 13.7. The number of rotatable bonds is 3. The third-order valence-corrected chi connectivity index (χ3v) is 8.00. The highest BCUT2D eigenvalue weighted by atomic mass is 32.2. The molecule has 1 saturated carbocycles. The van der Waals surface area contributed by atoms with Gasteiger partial charge in [-0.2, -0.15) is 5.26 Å². The Morgan fingerprint density at radius 1 is 1.21 bits per heavy atom. The minimum absolute atomic E-state index is 0.0404. The van der Waals surface area contributed by atoms with E-state index in [0.717, 1.165) is 23.2 Å². The molecule has 1 aliphatic carbocycles. The molecule has 29 heavy (non-hydrogen) atoms. The summed E-state index contributed by atoms with van der Waals surface area (Å²) >= 11 is 0. The largest absolute Gasteiger partial charge is 0.256 e. The lowest BCUT2D eigenvalue weighted by molar-refractivity contribution is 0.140. The van der Waals surface area contributed by atoms with Crippen molar-refractivity contribution in [3.8, 4) is 17.2 Å². The van der Waals surface area contributed by atoms with Crippen LogP contribution in [0, 0.1) is 35.0 Å². The van der Waals surface area contributed by atoms with Crippen LogP contribution in [-0.2, 0) is 10.0 Å². The number of benzene rings is 1. The molecule has 0 amide bonds. The predicted octanol–water partition coefficient (Wildman–Crippen LogP) is 3.84. The van der Waals surface area contributed by atoms with Crippen LogP contribution in [0.25, 0.3) is 17.2 Å². The number of nitriles is 1. The van der Waals surface area contributed by atoms with Gasteiger partial charge in [0.1, 0.15) is 0 Å². The summed E-state index contributed by atoms with van der Waals surface area (Å²) in [6.45, 7) is 4.42. The van der Waals surface area contributed by atoms with Crippen LogP contribution >= 0.6 is 0 Å². The third-order valence-electron chi connectivity index (χ3n) is 6.52. The minimum atomic E-state index is -3.16. The standard InChI is InChI=1S/C23H25N3O2S/c1-15-11-23-22(14-29(27,28)26-23)20(16(15)2)10-9-19-8-7-18(13-25-19)21-6-4-3-5-17(21)12-24/h3-10,13,15-16,20,22-23,26H,11,14H2,1-2H3/b10-9+/t15-,16+,20-,22+,23-/m0/s1. The van der Waals surface area contributed by atoms with E-state index < -0.39 is 10.0 Å². The molecule has 0 radical (unpaired) electrons. The van der Waals surface area contributed by atoms with Crippen molar-refractivity contribution in [2.45, 2.75) is 26.3 Å². The van der Waals surface area contributed by atoms with E-state index in [1.54, 1.807) is 12.3 Å². The zero-order chi connectivity index (χ0) is 20.6. The molecule has 5 atom stereocenters. The topological polar surface area (TPSA) is 82.8 Å². The molecule has 0 spiro atoms. The van der Waals surface area contributed by atoms with Crippen LogP contribution < -0.4 is 4.72 Å². The molecule has 1 aromatic heterocycles. The molecule has 0 unspecified atom stereocenters. The third kappa shape index (κ3) is 3.98. The summed E-state index contributed by atoms with van der Waals surface area (Å²) in [7, 11) is -3.16. The van der Waals surface area contributed by atoms with Gasteiger partial charge in [0.2, 0.25) is 10.0 Å². The lowest BCUT2D eigenvalue weighted by atomic mass is 9.66. The molecule has 5 nitrogen and oxygen atoms in total. The zero-order valence-electron chi connectivity index (χ0n) is 16.6. The van der Waals surface area contributed by atoms with E-state index in [0.29, 0.717) is 17.4 Å². The van der Waals surface area contributed by atoms with E-state index in [4.69, 9.17) is 0 Å². The van der Waals surface area contributed by atoms with Crippen LogP contribution in [0.1, 0.15) is 31.5 Å². The number of hydrogen-bond donors (Lipinski definition) is 1. The monoisotopic (exact) mass is 407 g/mol. The number of pyridine rings is 1. The second-order valence-electron chi connectivity index (χ2n) is 8.31. The van der Waals surface area contributed by atoms with Gasteiger partial charge in [-0.1, -0.05) is 44.2 Å². The molecule has 0 bridgehead atoms. The molecule has 1 aliphatic heterocycles. The number of aromatic nitrogens is 1. The van der Waals surface area contributed by atoms with Gasteiger partial charge in [-0.25, -0.2) is 13.1 Å². The van der Waals surface area contributed by atoms with Crippen LogP contribution in [0.4, 0.5) is 0 Å². The molecule has 1 saturated heterocycles. The Labute approximate surface area is 172 Å². The molecular formula is C23H25N3O2S. The molecule has 2 heterocycles. The van der Waals surface area contributed by atoms with E-state index in [1.807, 2.05) is 36.4 Å². The number of nitrogens with one attached hydrogen (secondary N) is 1. The first-order valence-electron chi connectivity index (χ1n) is 10.0. The highest BCUT2D eigenvalue weighted by molar-refractivity contribution is 7.89. The summed E-state index contributed by atoms with van der Waals surface area (Å²) in [5.74, 6) is 1.41. The Morgan fingerprint density at radius 2 is 2.00 bits per heavy atom. The quantitative estimate of drug-likeness (QED) is 0.838. The van der Waals surface area contributed by atoms with Crippen LogP contribution in [0.15, 0.2) is 48.7 Å². The molecule has 150 valence electrons. The Bertz CT molecular complexity index is 1070. The summed E-state index contributed by atoms with van der Waals surface area (Å²) in [5, 5.41) is 9.29. The average Bonchev–Trinajstić information content (AvgIpc) is 3.02.